The Kier molecular flexibility index (Phi) is 2.45. The molecule has 0 aromatic heterocycles. The molecule has 0 bridgehead atoms. The minimum Gasteiger partial charge on any atom is -0.493 e. The lowest BCUT2D eigenvalue weighted by molar-refractivity contribution is 0.252. The van der Waals surface area contributed by atoms with Gasteiger partial charge >= 0.3 is 0 Å². The zero-order valence-electron chi connectivity index (χ0n) is 8.50. The van der Waals surface area contributed by atoms with Crippen molar-refractivity contribution in [3.8, 4) is 5.75 Å². The number of nitrogens with one attached hydrogen (secondary N) is 1. The van der Waals surface area contributed by atoms with E-state index in [1.165, 1.54) is 18.4 Å². The molecule has 0 saturated heterocycles. The van der Waals surface area contributed by atoms with Gasteiger partial charge in [0.1, 0.15) is 5.75 Å². The summed E-state index contributed by atoms with van der Waals surface area (Å²) in [4.78, 5) is 0. The fourth-order valence-electron chi connectivity index (χ4n) is 2.07. The quantitative estimate of drug-likeness (QED) is 0.890. The standard InChI is InChI=1S/C12H14BrNO/c13-8-1-4-12-10(7-8)11(5-6-15-12)14-9-2-3-9/h1,4,7,9,11,14H,2-3,5-6H2. The highest BCUT2D eigenvalue weighted by Gasteiger charge is 2.28. The summed E-state index contributed by atoms with van der Waals surface area (Å²) in [5.41, 5.74) is 1.31. The van der Waals surface area contributed by atoms with Crippen molar-refractivity contribution in [2.24, 2.45) is 0 Å². The number of hydrogen-bond acceptors (Lipinski definition) is 2. The first-order chi connectivity index (χ1) is 7.33. The first-order valence-electron chi connectivity index (χ1n) is 5.51. The molecule has 1 aliphatic heterocycles. The third-order valence-electron chi connectivity index (χ3n) is 3.03. The Labute approximate surface area is 98.1 Å². The molecular weight excluding hydrogens is 254 g/mol. The van der Waals surface area contributed by atoms with Gasteiger partial charge in [-0.15, -0.1) is 0 Å². The van der Waals surface area contributed by atoms with Crippen LogP contribution in [0.15, 0.2) is 22.7 Å². The average molecular weight is 268 g/mol. The molecule has 2 nitrogen and oxygen atoms in total. The second kappa shape index (κ2) is 3.80. The van der Waals surface area contributed by atoms with Crippen molar-refractivity contribution in [1.29, 1.82) is 0 Å². The summed E-state index contributed by atoms with van der Waals surface area (Å²) in [6, 6.07) is 7.51. The molecule has 0 radical (unpaired) electrons. The SMILES string of the molecule is Brc1ccc2c(c1)C(NC1CC1)CCO2. The summed E-state index contributed by atoms with van der Waals surface area (Å²) in [7, 11) is 0. The highest BCUT2D eigenvalue weighted by Crippen LogP contribution is 2.36. The van der Waals surface area contributed by atoms with E-state index in [1.807, 2.05) is 6.07 Å². The molecule has 1 fully saturated rings. The van der Waals surface area contributed by atoms with E-state index in [2.05, 4.69) is 33.4 Å². The normalized spacial score (nSPS) is 24.5. The highest BCUT2D eigenvalue weighted by atomic mass is 79.9. The fraction of sp³-hybridized carbons (Fsp3) is 0.500. The number of ether oxygens (including phenoxy) is 1. The molecule has 1 aromatic carbocycles. The highest BCUT2D eigenvalue weighted by molar-refractivity contribution is 9.10. The summed E-state index contributed by atoms with van der Waals surface area (Å²) in [6.45, 7) is 0.832. The van der Waals surface area contributed by atoms with Crippen molar-refractivity contribution in [3.05, 3.63) is 28.2 Å². The van der Waals surface area contributed by atoms with E-state index >= 15 is 0 Å². The van der Waals surface area contributed by atoms with Crippen LogP contribution in [0.4, 0.5) is 0 Å². The Bertz CT molecular complexity index is 376. The maximum atomic E-state index is 5.65. The molecular formula is C12H14BrNO. The van der Waals surface area contributed by atoms with Crippen LogP contribution in [0.1, 0.15) is 30.9 Å². The molecule has 1 atom stereocenters. The van der Waals surface area contributed by atoms with Crippen molar-refractivity contribution < 1.29 is 4.74 Å². The van der Waals surface area contributed by atoms with Gasteiger partial charge in [0.25, 0.3) is 0 Å². The minimum atomic E-state index is 0.485. The molecule has 1 aromatic rings. The monoisotopic (exact) mass is 267 g/mol. The lowest BCUT2D eigenvalue weighted by atomic mass is 10.0. The molecule has 3 rings (SSSR count). The number of benzene rings is 1. The van der Waals surface area contributed by atoms with Crippen LogP contribution in [0.25, 0.3) is 0 Å². The molecule has 3 heteroatoms. The fourth-order valence-corrected chi connectivity index (χ4v) is 2.45. The van der Waals surface area contributed by atoms with E-state index in [1.54, 1.807) is 0 Å². The van der Waals surface area contributed by atoms with Gasteiger partial charge in [0.15, 0.2) is 0 Å². The zero-order valence-corrected chi connectivity index (χ0v) is 10.1. The summed E-state index contributed by atoms with van der Waals surface area (Å²) in [5, 5.41) is 3.68. The third kappa shape index (κ3) is 2.04. The Morgan fingerprint density at radius 1 is 1.27 bits per heavy atom. The van der Waals surface area contributed by atoms with E-state index in [0.717, 1.165) is 29.3 Å². The number of fused-ring (bicyclic) bond motifs is 1. The van der Waals surface area contributed by atoms with E-state index in [4.69, 9.17) is 4.74 Å². The molecule has 1 aliphatic carbocycles. The topological polar surface area (TPSA) is 21.3 Å². The van der Waals surface area contributed by atoms with Crippen LogP contribution in [0.3, 0.4) is 0 Å². The van der Waals surface area contributed by atoms with E-state index < -0.39 is 0 Å². The molecule has 2 aliphatic rings. The molecule has 1 unspecified atom stereocenters. The average Bonchev–Trinajstić information content (AvgIpc) is 3.03. The van der Waals surface area contributed by atoms with Crippen LogP contribution >= 0.6 is 15.9 Å². The van der Waals surface area contributed by atoms with Crippen LogP contribution in [0, 0.1) is 0 Å². The van der Waals surface area contributed by atoms with Gasteiger partial charge < -0.3 is 10.1 Å². The van der Waals surface area contributed by atoms with Gasteiger partial charge in [0.05, 0.1) is 6.61 Å². The van der Waals surface area contributed by atoms with E-state index in [-0.39, 0.29) is 0 Å². The second-order valence-electron chi connectivity index (χ2n) is 4.31. The van der Waals surface area contributed by atoms with Gasteiger partial charge in [-0.1, -0.05) is 15.9 Å². The van der Waals surface area contributed by atoms with Crippen LogP contribution in [0.2, 0.25) is 0 Å². The molecule has 15 heavy (non-hydrogen) atoms. The van der Waals surface area contributed by atoms with Crippen molar-refractivity contribution in [2.75, 3.05) is 6.61 Å². The smallest absolute Gasteiger partial charge is 0.124 e. The molecule has 0 amide bonds. The summed E-state index contributed by atoms with van der Waals surface area (Å²) >= 11 is 3.52. The van der Waals surface area contributed by atoms with Crippen LogP contribution in [-0.2, 0) is 0 Å². The predicted octanol–water partition coefficient (Wildman–Crippen LogP) is 3.02. The number of rotatable bonds is 2. The Morgan fingerprint density at radius 3 is 2.93 bits per heavy atom. The summed E-state index contributed by atoms with van der Waals surface area (Å²) in [5.74, 6) is 1.04. The number of hydrogen-bond donors (Lipinski definition) is 1. The Morgan fingerprint density at radius 2 is 2.13 bits per heavy atom. The minimum absolute atomic E-state index is 0.485. The van der Waals surface area contributed by atoms with Crippen molar-refractivity contribution in [3.63, 3.8) is 0 Å². The maximum Gasteiger partial charge on any atom is 0.124 e. The van der Waals surface area contributed by atoms with Crippen molar-refractivity contribution in [1.82, 2.24) is 5.32 Å². The van der Waals surface area contributed by atoms with Gasteiger partial charge in [-0.2, -0.15) is 0 Å². The van der Waals surface area contributed by atoms with Gasteiger partial charge in [-0.05, 0) is 31.0 Å². The van der Waals surface area contributed by atoms with E-state index in [0.29, 0.717) is 6.04 Å². The van der Waals surface area contributed by atoms with Crippen LogP contribution < -0.4 is 10.1 Å². The third-order valence-corrected chi connectivity index (χ3v) is 3.52. The molecule has 1 N–H and O–H groups in total. The van der Waals surface area contributed by atoms with Crippen LogP contribution in [0.5, 0.6) is 5.75 Å². The largest absolute Gasteiger partial charge is 0.493 e. The lowest BCUT2D eigenvalue weighted by Gasteiger charge is -2.27. The summed E-state index contributed by atoms with van der Waals surface area (Å²) < 4.78 is 6.78. The Balaban J connectivity index is 1.89. The molecule has 1 saturated carbocycles. The predicted molar refractivity (Wildman–Crippen MR) is 63.2 cm³/mol. The van der Waals surface area contributed by atoms with E-state index in [9.17, 15) is 0 Å². The van der Waals surface area contributed by atoms with Gasteiger partial charge in [-0.25, -0.2) is 0 Å². The lowest BCUT2D eigenvalue weighted by Crippen LogP contribution is -2.28. The Hall–Kier alpha value is -0.540. The van der Waals surface area contributed by atoms with Crippen molar-refractivity contribution in [2.45, 2.75) is 31.3 Å². The number of halogens is 1. The van der Waals surface area contributed by atoms with Crippen molar-refractivity contribution >= 4 is 15.9 Å². The van der Waals surface area contributed by atoms with Gasteiger partial charge in [-0.3, -0.25) is 0 Å². The van der Waals surface area contributed by atoms with Gasteiger partial charge in [0.2, 0.25) is 0 Å². The molecule has 80 valence electrons. The maximum absolute atomic E-state index is 5.65. The first-order valence-corrected chi connectivity index (χ1v) is 6.30. The first kappa shape index (κ1) is 9.67. The van der Waals surface area contributed by atoms with Gasteiger partial charge in [0, 0.05) is 28.5 Å². The molecule has 0 spiro atoms. The summed E-state index contributed by atoms with van der Waals surface area (Å²) in [6.07, 6.45) is 3.75. The zero-order chi connectivity index (χ0) is 10.3. The second-order valence-corrected chi connectivity index (χ2v) is 5.23. The molecule has 1 heterocycles. The van der Waals surface area contributed by atoms with Crippen LogP contribution in [-0.4, -0.2) is 12.6 Å².